The number of rotatable bonds is 1. The third-order valence-electron chi connectivity index (χ3n) is 12.3. The van der Waals surface area contributed by atoms with Gasteiger partial charge in [-0.2, -0.15) is 0 Å². The van der Waals surface area contributed by atoms with Crippen molar-refractivity contribution in [1.29, 1.82) is 0 Å². The standard InChI is InChI=1S/C31H44O3/c1-26(2)11-12-28(5)13-14-31(8)24(20(28)17-26)21(33)15-23-29(6)16-19(18-32)25(34)27(3,4)22(29)9-10-30(23,31)7/h15-16,18,20,22,24H,9-14,17H2,1-8H3/t20-,22-,24-,28+,29-,30+,31+/m0/s1. The molecule has 0 saturated heterocycles. The molecule has 0 aromatic carbocycles. The minimum atomic E-state index is -0.610. The predicted molar refractivity (Wildman–Crippen MR) is 135 cm³/mol. The van der Waals surface area contributed by atoms with Crippen molar-refractivity contribution in [2.75, 3.05) is 0 Å². The molecule has 0 spiro atoms. The fourth-order valence-electron chi connectivity index (χ4n) is 9.94. The van der Waals surface area contributed by atoms with Crippen LogP contribution in [0.4, 0.5) is 0 Å². The smallest absolute Gasteiger partial charge is 0.171 e. The Morgan fingerprint density at radius 3 is 2.18 bits per heavy atom. The second-order valence-electron chi connectivity index (χ2n) is 15.0. The van der Waals surface area contributed by atoms with Crippen LogP contribution < -0.4 is 0 Å². The first kappa shape index (κ1) is 24.2. The molecule has 3 fully saturated rings. The Hall–Kier alpha value is -1.51. The molecule has 5 aliphatic rings. The minimum Gasteiger partial charge on any atom is -0.298 e. The Bertz CT molecular complexity index is 1040. The van der Waals surface area contributed by atoms with Crippen LogP contribution in [0.3, 0.4) is 0 Å². The maximum atomic E-state index is 14.2. The molecule has 0 bridgehead atoms. The van der Waals surface area contributed by atoms with Gasteiger partial charge in [0, 0.05) is 16.7 Å². The molecule has 3 nitrogen and oxygen atoms in total. The topological polar surface area (TPSA) is 51.2 Å². The molecule has 34 heavy (non-hydrogen) atoms. The zero-order valence-corrected chi connectivity index (χ0v) is 22.6. The number of hydrogen-bond donors (Lipinski definition) is 0. The first-order chi connectivity index (χ1) is 15.6. The van der Waals surface area contributed by atoms with Gasteiger partial charge in [0.25, 0.3) is 0 Å². The lowest BCUT2D eigenvalue weighted by Crippen LogP contribution is -2.64. The molecule has 186 valence electrons. The molecule has 3 heteroatoms. The summed E-state index contributed by atoms with van der Waals surface area (Å²) in [7, 11) is 0. The zero-order valence-electron chi connectivity index (χ0n) is 22.6. The lowest BCUT2D eigenvalue weighted by molar-refractivity contribution is -0.168. The van der Waals surface area contributed by atoms with Gasteiger partial charge in [-0.1, -0.05) is 67.0 Å². The van der Waals surface area contributed by atoms with E-state index in [4.69, 9.17) is 0 Å². The van der Waals surface area contributed by atoms with E-state index in [1.807, 2.05) is 26.0 Å². The van der Waals surface area contributed by atoms with Gasteiger partial charge in [0.05, 0.1) is 5.57 Å². The molecule has 0 heterocycles. The van der Waals surface area contributed by atoms with Crippen LogP contribution in [-0.2, 0) is 14.4 Å². The summed E-state index contributed by atoms with van der Waals surface area (Å²) in [6.07, 6.45) is 12.5. The summed E-state index contributed by atoms with van der Waals surface area (Å²) >= 11 is 0. The maximum absolute atomic E-state index is 14.2. The summed E-state index contributed by atoms with van der Waals surface area (Å²) in [6, 6.07) is 0. The molecule has 7 atom stereocenters. The monoisotopic (exact) mass is 464 g/mol. The van der Waals surface area contributed by atoms with E-state index in [0.29, 0.717) is 17.3 Å². The number of allylic oxidation sites excluding steroid dienone is 4. The fraction of sp³-hybridized carbons (Fsp3) is 0.774. The van der Waals surface area contributed by atoms with Crippen molar-refractivity contribution >= 4 is 17.9 Å². The number of carbonyl (C=O) groups is 3. The normalized spacial score (nSPS) is 49.0. The highest BCUT2D eigenvalue weighted by Gasteiger charge is 2.69. The van der Waals surface area contributed by atoms with Gasteiger partial charge in [-0.25, -0.2) is 0 Å². The highest BCUT2D eigenvalue weighted by atomic mass is 16.1. The lowest BCUT2D eigenvalue weighted by atomic mass is 9.34. The van der Waals surface area contributed by atoms with Crippen molar-refractivity contribution in [2.45, 2.75) is 100 Å². The van der Waals surface area contributed by atoms with E-state index in [0.717, 1.165) is 32.0 Å². The third kappa shape index (κ3) is 2.79. The van der Waals surface area contributed by atoms with Crippen molar-refractivity contribution < 1.29 is 14.4 Å². The molecule has 0 aromatic rings. The SMILES string of the molecule is CC1(C)CC[C@]2(C)CC[C@]3(C)[C@H](C(=O)C=C4[C@@]5(C)C=C(C=O)C(=O)C(C)(C)[C@@H]5CC[C@]43C)[C@@H]2C1. The largest absolute Gasteiger partial charge is 0.298 e. The molecule has 3 saturated carbocycles. The number of hydrogen-bond acceptors (Lipinski definition) is 3. The van der Waals surface area contributed by atoms with Crippen LogP contribution in [-0.4, -0.2) is 17.9 Å². The van der Waals surface area contributed by atoms with Crippen LogP contribution in [0.15, 0.2) is 23.3 Å². The minimum absolute atomic E-state index is 0.0433. The number of ketones is 2. The van der Waals surface area contributed by atoms with E-state index < -0.39 is 10.8 Å². The Morgan fingerprint density at radius 2 is 1.53 bits per heavy atom. The van der Waals surface area contributed by atoms with Crippen LogP contribution in [0.1, 0.15) is 100 Å². The van der Waals surface area contributed by atoms with Gasteiger partial charge in [0.15, 0.2) is 17.9 Å². The van der Waals surface area contributed by atoms with Gasteiger partial charge in [0.2, 0.25) is 0 Å². The Morgan fingerprint density at radius 1 is 0.882 bits per heavy atom. The van der Waals surface area contributed by atoms with E-state index in [1.165, 1.54) is 24.8 Å². The number of fused-ring (bicyclic) bond motifs is 7. The first-order valence-corrected chi connectivity index (χ1v) is 13.6. The first-order valence-electron chi connectivity index (χ1n) is 13.6. The Balaban J connectivity index is 1.69. The zero-order chi connectivity index (χ0) is 25.1. The van der Waals surface area contributed by atoms with Gasteiger partial charge in [0.1, 0.15) is 0 Å². The van der Waals surface area contributed by atoms with Crippen molar-refractivity contribution in [3.8, 4) is 0 Å². The summed E-state index contributed by atoms with van der Waals surface area (Å²) < 4.78 is 0. The van der Waals surface area contributed by atoms with Crippen LogP contribution in [0, 0.1) is 50.2 Å². The van der Waals surface area contributed by atoms with E-state index in [2.05, 4.69) is 41.5 Å². The highest BCUT2D eigenvalue weighted by molar-refractivity contribution is 6.15. The number of Topliss-reactive ketones (excluding diaryl/α,β-unsaturated/α-hetero) is 1. The summed E-state index contributed by atoms with van der Waals surface area (Å²) in [5, 5.41) is 0. The van der Waals surface area contributed by atoms with Gasteiger partial charge in [-0.05, 0) is 84.5 Å². The fourth-order valence-corrected chi connectivity index (χ4v) is 9.94. The van der Waals surface area contributed by atoms with E-state index in [-0.39, 0.29) is 39.3 Å². The van der Waals surface area contributed by atoms with Crippen LogP contribution in [0.25, 0.3) is 0 Å². The van der Waals surface area contributed by atoms with Crippen LogP contribution in [0.2, 0.25) is 0 Å². The summed E-state index contributed by atoms with van der Waals surface area (Å²) in [5.74, 6) is 0.853. The third-order valence-corrected chi connectivity index (χ3v) is 12.3. The Labute approximate surface area is 206 Å². The van der Waals surface area contributed by atoms with Crippen molar-refractivity contribution in [1.82, 2.24) is 0 Å². The molecule has 0 aromatic heterocycles. The summed E-state index contributed by atoms with van der Waals surface area (Å²) in [6.45, 7) is 18.2. The average Bonchev–Trinajstić information content (AvgIpc) is 2.74. The highest BCUT2D eigenvalue weighted by Crippen LogP contribution is 2.74. The van der Waals surface area contributed by atoms with E-state index in [9.17, 15) is 14.4 Å². The quantitative estimate of drug-likeness (QED) is 0.313. The van der Waals surface area contributed by atoms with Crippen molar-refractivity contribution in [3.05, 3.63) is 23.3 Å². The summed E-state index contributed by atoms with van der Waals surface area (Å²) in [5.41, 5.74) is 0.756. The second kappa shape index (κ2) is 6.83. The molecule has 0 N–H and O–H groups in total. The molecule has 5 aliphatic carbocycles. The van der Waals surface area contributed by atoms with Crippen LogP contribution in [0.5, 0.6) is 0 Å². The van der Waals surface area contributed by atoms with Crippen molar-refractivity contribution in [3.63, 3.8) is 0 Å². The molecule has 0 aliphatic heterocycles. The molecule has 0 radical (unpaired) electrons. The van der Waals surface area contributed by atoms with Gasteiger partial charge >= 0.3 is 0 Å². The van der Waals surface area contributed by atoms with Gasteiger partial charge in [-0.3, -0.25) is 14.4 Å². The van der Waals surface area contributed by atoms with Crippen LogP contribution >= 0.6 is 0 Å². The van der Waals surface area contributed by atoms with E-state index in [1.54, 1.807) is 0 Å². The van der Waals surface area contributed by atoms with Gasteiger partial charge < -0.3 is 0 Å². The predicted octanol–water partition coefficient (Wildman–Crippen LogP) is 6.90. The number of aldehydes is 1. The van der Waals surface area contributed by atoms with Crippen molar-refractivity contribution in [2.24, 2.45) is 50.2 Å². The Kier molecular flexibility index (Phi) is 4.86. The molecule has 0 amide bonds. The second-order valence-corrected chi connectivity index (χ2v) is 15.0. The number of carbonyl (C=O) groups excluding carboxylic acids is 3. The molecular weight excluding hydrogens is 420 g/mol. The molecular formula is C31H44O3. The molecule has 5 rings (SSSR count). The maximum Gasteiger partial charge on any atom is 0.171 e. The average molecular weight is 465 g/mol. The summed E-state index contributed by atoms with van der Waals surface area (Å²) in [4.78, 5) is 39.3. The van der Waals surface area contributed by atoms with Gasteiger partial charge in [-0.15, -0.1) is 0 Å². The molecule has 0 unspecified atom stereocenters. The lowest BCUT2D eigenvalue weighted by Gasteiger charge is -2.69. The van der Waals surface area contributed by atoms with E-state index >= 15 is 0 Å².